The van der Waals surface area contributed by atoms with E-state index in [2.05, 4.69) is 17.1 Å². The average molecular weight is 224 g/mol. The molecule has 0 saturated heterocycles. The smallest absolute Gasteiger partial charge is 0.0705 e. The minimum atomic E-state index is 0. The fourth-order valence-electron chi connectivity index (χ4n) is 1.17. The number of fused-ring (bicyclic) bond motifs is 1. The zero-order chi connectivity index (χ0) is 7.68. The van der Waals surface area contributed by atoms with Gasteiger partial charge in [0.2, 0.25) is 0 Å². The van der Waals surface area contributed by atoms with Crippen molar-refractivity contribution in [1.82, 2.24) is 4.98 Å². The van der Waals surface area contributed by atoms with Gasteiger partial charge in [0.05, 0.1) is 5.52 Å². The lowest BCUT2D eigenvalue weighted by Gasteiger charge is -1.95. The van der Waals surface area contributed by atoms with Crippen molar-refractivity contribution in [2.24, 2.45) is 0 Å². The summed E-state index contributed by atoms with van der Waals surface area (Å²) in [7, 11) is 0. The molecular weight excluding hydrogens is 214 g/mol. The van der Waals surface area contributed by atoms with Crippen LogP contribution in [0.1, 0.15) is 5.69 Å². The highest BCUT2D eigenvalue weighted by Crippen LogP contribution is 2.10. The molecule has 1 nitrogen and oxygen atoms in total. The highest BCUT2D eigenvalue weighted by atomic mass is 79.9. The maximum atomic E-state index is 4.38. The number of aromatic nitrogens is 1. The predicted molar refractivity (Wildman–Crippen MR) is 56.8 cm³/mol. The van der Waals surface area contributed by atoms with Gasteiger partial charge in [-0.05, 0) is 19.1 Å². The first-order chi connectivity index (χ1) is 5.36. The molecule has 2 rings (SSSR count). The number of halogens is 1. The van der Waals surface area contributed by atoms with Gasteiger partial charge < -0.3 is 0 Å². The van der Waals surface area contributed by atoms with Crippen molar-refractivity contribution in [2.45, 2.75) is 6.92 Å². The lowest BCUT2D eigenvalue weighted by atomic mass is 10.2. The topological polar surface area (TPSA) is 12.9 Å². The Morgan fingerprint density at radius 3 is 2.58 bits per heavy atom. The summed E-state index contributed by atoms with van der Waals surface area (Å²) in [6.45, 7) is 2.01. The van der Waals surface area contributed by atoms with Crippen LogP contribution in [0.25, 0.3) is 10.9 Å². The molecule has 0 amide bonds. The van der Waals surface area contributed by atoms with E-state index in [1.807, 2.05) is 31.2 Å². The van der Waals surface area contributed by atoms with Crippen molar-refractivity contribution in [1.29, 1.82) is 0 Å². The number of hydrogen-bond donors (Lipinski definition) is 0. The van der Waals surface area contributed by atoms with Crippen LogP contribution in [0.5, 0.6) is 0 Å². The standard InChI is InChI=1S/C10H9N.BrH/c1-8-6-7-9-4-2-3-5-10(9)11-8;/h2-7H,1H3;1H. The van der Waals surface area contributed by atoms with Gasteiger partial charge in [-0.25, -0.2) is 0 Å². The Kier molecular flexibility index (Phi) is 2.82. The van der Waals surface area contributed by atoms with Crippen molar-refractivity contribution in [3.63, 3.8) is 0 Å². The van der Waals surface area contributed by atoms with Gasteiger partial charge in [-0.1, -0.05) is 24.3 Å². The zero-order valence-corrected chi connectivity index (χ0v) is 8.53. The lowest BCUT2D eigenvalue weighted by Crippen LogP contribution is -1.80. The third kappa shape index (κ3) is 1.64. The van der Waals surface area contributed by atoms with Crippen LogP contribution < -0.4 is 0 Å². The van der Waals surface area contributed by atoms with E-state index in [-0.39, 0.29) is 17.0 Å². The first kappa shape index (κ1) is 9.20. The quantitative estimate of drug-likeness (QED) is 0.669. The summed E-state index contributed by atoms with van der Waals surface area (Å²) in [6.07, 6.45) is 0. The molecular formula is C10H10BrN. The Balaban J connectivity index is 0.000000720. The van der Waals surface area contributed by atoms with Gasteiger partial charge in [0, 0.05) is 11.1 Å². The Bertz CT molecular complexity index is 384. The molecule has 1 aromatic carbocycles. The number of para-hydroxylation sites is 1. The van der Waals surface area contributed by atoms with Gasteiger partial charge >= 0.3 is 0 Å². The summed E-state index contributed by atoms with van der Waals surface area (Å²) < 4.78 is 0. The molecule has 0 bridgehead atoms. The number of rotatable bonds is 0. The highest BCUT2D eigenvalue weighted by Gasteiger charge is 1.90. The molecule has 12 heavy (non-hydrogen) atoms. The molecule has 0 fully saturated rings. The second kappa shape index (κ2) is 3.68. The molecule has 62 valence electrons. The summed E-state index contributed by atoms with van der Waals surface area (Å²) in [5.41, 5.74) is 2.15. The van der Waals surface area contributed by atoms with Crippen molar-refractivity contribution >= 4 is 27.9 Å². The van der Waals surface area contributed by atoms with E-state index in [0.717, 1.165) is 11.2 Å². The van der Waals surface area contributed by atoms with Crippen LogP contribution in [0, 0.1) is 6.92 Å². The van der Waals surface area contributed by atoms with Crippen molar-refractivity contribution in [3.8, 4) is 0 Å². The van der Waals surface area contributed by atoms with Crippen molar-refractivity contribution < 1.29 is 0 Å². The van der Waals surface area contributed by atoms with Crippen LogP contribution in [0.2, 0.25) is 0 Å². The van der Waals surface area contributed by atoms with E-state index in [0.29, 0.717) is 0 Å². The van der Waals surface area contributed by atoms with E-state index in [9.17, 15) is 0 Å². The van der Waals surface area contributed by atoms with E-state index in [4.69, 9.17) is 0 Å². The van der Waals surface area contributed by atoms with Crippen molar-refractivity contribution in [3.05, 3.63) is 42.1 Å². The Hall–Kier alpha value is -0.890. The van der Waals surface area contributed by atoms with Gasteiger partial charge in [-0.3, -0.25) is 4.98 Å². The van der Waals surface area contributed by atoms with E-state index >= 15 is 0 Å². The minimum absolute atomic E-state index is 0. The van der Waals surface area contributed by atoms with Crippen LogP contribution in [-0.2, 0) is 0 Å². The first-order valence-electron chi connectivity index (χ1n) is 3.69. The summed E-state index contributed by atoms with van der Waals surface area (Å²) in [5, 5.41) is 1.21. The van der Waals surface area contributed by atoms with Gasteiger partial charge in [0.1, 0.15) is 0 Å². The van der Waals surface area contributed by atoms with Gasteiger partial charge in [-0.15, -0.1) is 17.0 Å². The molecule has 0 unspecified atom stereocenters. The fourth-order valence-corrected chi connectivity index (χ4v) is 1.17. The molecule has 0 aliphatic carbocycles. The summed E-state index contributed by atoms with van der Waals surface area (Å²) in [4.78, 5) is 4.38. The van der Waals surface area contributed by atoms with Crippen LogP contribution in [0.3, 0.4) is 0 Å². The summed E-state index contributed by atoms with van der Waals surface area (Å²) in [6, 6.07) is 12.3. The van der Waals surface area contributed by atoms with Crippen LogP contribution in [-0.4, -0.2) is 4.98 Å². The lowest BCUT2D eigenvalue weighted by molar-refractivity contribution is 1.26. The predicted octanol–water partition coefficient (Wildman–Crippen LogP) is 3.12. The second-order valence-corrected chi connectivity index (χ2v) is 2.65. The van der Waals surface area contributed by atoms with Crippen LogP contribution in [0.15, 0.2) is 36.4 Å². The molecule has 0 aliphatic rings. The monoisotopic (exact) mass is 223 g/mol. The Morgan fingerprint density at radius 1 is 1.00 bits per heavy atom. The Morgan fingerprint density at radius 2 is 1.75 bits per heavy atom. The zero-order valence-electron chi connectivity index (χ0n) is 6.82. The number of aryl methyl sites for hydroxylation is 1. The third-order valence-corrected chi connectivity index (χ3v) is 1.74. The summed E-state index contributed by atoms with van der Waals surface area (Å²) >= 11 is 0. The maximum absolute atomic E-state index is 4.38. The molecule has 0 N–H and O–H groups in total. The van der Waals surface area contributed by atoms with Gasteiger partial charge in [-0.2, -0.15) is 0 Å². The van der Waals surface area contributed by atoms with Crippen LogP contribution >= 0.6 is 17.0 Å². The largest absolute Gasteiger partial charge is 0.253 e. The molecule has 2 aromatic rings. The highest BCUT2D eigenvalue weighted by molar-refractivity contribution is 8.93. The number of benzene rings is 1. The van der Waals surface area contributed by atoms with E-state index < -0.39 is 0 Å². The van der Waals surface area contributed by atoms with Gasteiger partial charge in [0.15, 0.2) is 0 Å². The average Bonchev–Trinajstić information content (AvgIpc) is 2.04. The van der Waals surface area contributed by atoms with E-state index in [1.165, 1.54) is 5.39 Å². The van der Waals surface area contributed by atoms with Gasteiger partial charge in [0.25, 0.3) is 0 Å². The third-order valence-electron chi connectivity index (χ3n) is 1.74. The van der Waals surface area contributed by atoms with E-state index in [1.54, 1.807) is 0 Å². The summed E-state index contributed by atoms with van der Waals surface area (Å²) in [5.74, 6) is 0. The number of pyridine rings is 1. The minimum Gasteiger partial charge on any atom is -0.253 e. The molecule has 0 atom stereocenters. The Labute approximate surface area is 82.2 Å². The van der Waals surface area contributed by atoms with Crippen molar-refractivity contribution in [2.75, 3.05) is 0 Å². The van der Waals surface area contributed by atoms with Crippen LogP contribution in [0.4, 0.5) is 0 Å². The molecule has 0 radical (unpaired) electrons. The molecule has 0 saturated carbocycles. The fraction of sp³-hybridized carbons (Fsp3) is 0.100. The SMILES string of the molecule is Br.Cc1ccc2ccccc2n1. The molecule has 0 aliphatic heterocycles. The maximum Gasteiger partial charge on any atom is 0.0705 e. The molecule has 1 heterocycles. The number of nitrogens with zero attached hydrogens (tertiary/aromatic N) is 1. The first-order valence-corrected chi connectivity index (χ1v) is 3.69. The number of hydrogen-bond acceptors (Lipinski definition) is 1. The molecule has 0 spiro atoms. The second-order valence-electron chi connectivity index (χ2n) is 2.65. The normalized spacial score (nSPS) is 9.42. The molecule has 1 aromatic heterocycles. The molecule has 2 heteroatoms.